The van der Waals surface area contributed by atoms with E-state index in [9.17, 15) is 14.3 Å². The van der Waals surface area contributed by atoms with Crippen LogP contribution >= 0.6 is 0 Å². The van der Waals surface area contributed by atoms with Crippen molar-refractivity contribution in [3.05, 3.63) is 65.1 Å². The lowest BCUT2D eigenvalue weighted by atomic mass is 9.87. The van der Waals surface area contributed by atoms with Gasteiger partial charge in [0.15, 0.2) is 0 Å². The van der Waals surface area contributed by atoms with E-state index in [1.807, 2.05) is 18.2 Å². The van der Waals surface area contributed by atoms with Gasteiger partial charge in [0.1, 0.15) is 17.3 Å². The molecule has 0 radical (unpaired) electrons. The van der Waals surface area contributed by atoms with Crippen LogP contribution in [-0.2, 0) is 13.1 Å². The second-order valence-electron chi connectivity index (χ2n) is 8.53. The van der Waals surface area contributed by atoms with Gasteiger partial charge in [0.05, 0.1) is 19.2 Å². The molecule has 0 amide bonds. The lowest BCUT2D eigenvalue weighted by Crippen LogP contribution is -2.32. The van der Waals surface area contributed by atoms with Crippen LogP contribution in [0.1, 0.15) is 54.2 Å². The Labute approximate surface area is 181 Å². The number of ether oxygens (including phenoxy) is 1. The molecule has 164 valence electrons. The molecular formula is C25H29FN2O3. The van der Waals surface area contributed by atoms with Gasteiger partial charge in [0, 0.05) is 35.2 Å². The van der Waals surface area contributed by atoms with E-state index in [0.29, 0.717) is 23.9 Å². The molecule has 0 bridgehead atoms. The summed E-state index contributed by atoms with van der Waals surface area (Å²) in [5, 5.41) is 14.6. The Balaban J connectivity index is 1.76. The largest absolute Gasteiger partial charge is 0.497 e. The summed E-state index contributed by atoms with van der Waals surface area (Å²) in [6.07, 6.45) is 4.59. The monoisotopic (exact) mass is 424 g/mol. The third kappa shape index (κ3) is 4.44. The fraction of sp³-hybridized carbons (Fsp3) is 0.400. The first-order chi connectivity index (χ1) is 15.0. The molecule has 3 aromatic rings. The van der Waals surface area contributed by atoms with Gasteiger partial charge in [-0.15, -0.1) is 0 Å². The highest BCUT2D eigenvalue weighted by Gasteiger charge is 2.25. The van der Waals surface area contributed by atoms with E-state index >= 15 is 0 Å². The third-order valence-corrected chi connectivity index (χ3v) is 6.45. The number of carboxylic acid groups (broad SMARTS) is 1. The number of benzene rings is 2. The number of hydrogen-bond acceptors (Lipinski definition) is 3. The smallest absolute Gasteiger partial charge is 0.352 e. The predicted octanol–water partition coefficient (Wildman–Crippen LogP) is 5.20. The minimum absolute atomic E-state index is 0.138. The van der Waals surface area contributed by atoms with Crippen molar-refractivity contribution in [2.24, 2.45) is 5.92 Å². The van der Waals surface area contributed by atoms with E-state index in [1.54, 1.807) is 29.9 Å². The van der Waals surface area contributed by atoms with Gasteiger partial charge in [-0.2, -0.15) is 0 Å². The van der Waals surface area contributed by atoms with Crippen LogP contribution in [0.15, 0.2) is 42.5 Å². The standard InChI is InChI=1S/C25H29FN2O3/c1-16-7-9-18(10-8-16)27-14-21-20-12-11-19(31-2)13-23(20)28(24(21)25(29)30)15-17-5-3-4-6-22(17)26/h3-6,11-13,16,18,27H,7-10,14-15H2,1-2H3,(H,29,30). The molecule has 1 fully saturated rings. The van der Waals surface area contributed by atoms with Crippen molar-refractivity contribution in [1.29, 1.82) is 0 Å². The molecule has 1 saturated carbocycles. The van der Waals surface area contributed by atoms with Crippen LogP contribution < -0.4 is 10.1 Å². The summed E-state index contributed by atoms with van der Waals surface area (Å²) in [6.45, 7) is 2.88. The van der Waals surface area contributed by atoms with Gasteiger partial charge in [-0.05, 0) is 49.8 Å². The molecule has 0 unspecified atom stereocenters. The highest BCUT2D eigenvalue weighted by atomic mass is 19.1. The van der Waals surface area contributed by atoms with E-state index in [4.69, 9.17) is 4.74 Å². The number of halogens is 1. The summed E-state index contributed by atoms with van der Waals surface area (Å²) in [5.74, 6) is 0.0282. The van der Waals surface area contributed by atoms with Crippen LogP contribution in [0.3, 0.4) is 0 Å². The number of aromatic carboxylic acids is 1. The molecule has 31 heavy (non-hydrogen) atoms. The lowest BCUT2D eigenvalue weighted by Gasteiger charge is -2.27. The number of carboxylic acids is 1. The molecule has 0 aliphatic heterocycles. The Morgan fingerprint density at radius 1 is 1.19 bits per heavy atom. The minimum atomic E-state index is -1.01. The minimum Gasteiger partial charge on any atom is -0.497 e. The summed E-state index contributed by atoms with van der Waals surface area (Å²) in [7, 11) is 1.58. The fourth-order valence-corrected chi connectivity index (χ4v) is 4.62. The van der Waals surface area contributed by atoms with Gasteiger partial charge in [-0.1, -0.05) is 25.1 Å². The van der Waals surface area contributed by atoms with Crippen LogP contribution in [0.4, 0.5) is 4.39 Å². The fourth-order valence-electron chi connectivity index (χ4n) is 4.62. The van der Waals surface area contributed by atoms with Crippen molar-refractivity contribution in [3.63, 3.8) is 0 Å². The molecule has 1 heterocycles. The molecule has 0 saturated heterocycles. The molecule has 6 heteroatoms. The number of fused-ring (bicyclic) bond motifs is 1. The lowest BCUT2D eigenvalue weighted by molar-refractivity contribution is 0.0684. The van der Waals surface area contributed by atoms with E-state index in [-0.39, 0.29) is 18.1 Å². The Bertz CT molecular complexity index is 1080. The van der Waals surface area contributed by atoms with Crippen LogP contribution in [0, 0.1) is 11.7 Å². The maximum absolute atomic E-state index is 14.4. The number of aromatic nitrogens is 1. The Morgan fingerprint density at radius 2 is 1.94 bits per heavy atom. The second-order valence-corrected chi connectivity index (χ2v) is 8.53. The third-order valence-electron chi connectivity index (χ3n) is 6.45. The number of carbonyl (C=O) groups is 1. The van der Waals surface area contributed by atoms with E-state index in [0.717, 1.165) is 35.2 Å². The summed E-state index contributed by atoms with van der Waals surface area (Å²) in [5.41, 5.74) is 2.11. The zero-order valence-electron chi connectivity index (χ0n) is 18.0. The molecule has 1 aliphatic rings. The average Bonchev–Trinajstić information content (AvgIpc) is 3.07. The van der Waals surface area contributed by atoms with Gasteiger partial charge in [-0.3, -0.25) is 0 Å². The topological polar surface area (TPSA) is 63.5 Å². The first kappa shape index (κ1) is 21.4. The van der Waals surface area contributed by atoms with Crippen LogP contribution in [0.25, 0.3) is 10.9 Å². The Kier molecular flexibility index (Phi) is 6.28. The predicted molar refractivity (Wildman–Crippen MR) is 119 cm³/mol. The molecular weight excluding hydrogens is 395 g/mol. The molecule has 1 aliphatic carbocycles. The van der Waals surface area contributed by atoms with Crippen LogP contribution in [0.5, 0.6) is 5.75 Å². The Hall–Kier alpha value is -2.86. The molecule has 5 nitrogen and oxygen atoms in total. The maximum Gasteiger partial charge on any atom is 0.352 e. The summed E-state index contributed by atoms with van der Waals surface area (Å²) >= 11 is 0. The number of hydrogen-bond donors (Lipinski definition) is 2. The molecule has 0 atom stereocenters. The van der Waals surface area contributed by atoms with Crippen molar-refractivity contribution in [1.82, 2.24) is 9.88 Å². The van der Waals surface area contributed by atoms with E-state index in [1.165, 1.54) is 18.9 Å². The molecule has 2 N–H and O–H groups in total. The molecule has 4 rings (SSSR count). The normalized spacial score (nSPS) is 18.9. The summed E-state index contributed by atoms with van der Waals surface area (Å²) < 4.78 is 21.5. The van der Waals surface area contributed by atoms with Gasteiger partial charge in [0.2, 0.25) is 0 Å². The van der Waals surface area contributed by atoms with Crippen molar-refractivity contribution in [2.45, 2.75) is 51.7 Å². The first-order valence-electron chi connectivity index (χ1n) is 10.9. The van der Waals surface area contributed by atoms with Crippen LogP contribution in [-0.4, -0.2) is 28.8 Å². The van der Waals surface area contributed by atoms with Crippen molar-refractivity contribution in [3.8, 4) is 5.75 Å². The Morgan fingerprint density at radius 3 is 2.61 bits per heavy atom. The van der Waals surface area contributed by atoms with Crippen molar-refractivity contribution >= 4 is 16.9 Å². The zero-order chi connectivity index (χ0) is 22.0. The molecule has 2 aromatic carbocycles. The molecule has 1 aromatic heterocycles. The van der Waals surface area contributed by atoms with Gasteiger partial charge in [-0.25, -0.2) is 9.18 Å². The highest BCUT2D eigenvalue weighted by molar-refractivity contribution is 5.98. The average molecular weight is 425 g/mol. The zero-order valence-corrected chi connectivity index (χ0v) is 18.0. The van der Waals surface area contributed by atoms with Crippen LogP contribution in [0.2, 0.25) is 0 Å². The van der Waals surface area contributed by atoms with Crippen molar-refractivity contribution < 1.29 is 19.0 Å². The number of nitrogens with zero attached hydrogens (tertiary/aromatic N) is 1. The second kappa shape index (κ2) is 9.10. The van der Waals surface area contributed by atoms with E-state index in [2.05, 4.69) is 12.2 Å². The van der Waals surface area contributed by atoms with Gasteiger partial charge < -0.3 is 19.7 Å². The summed E-state index contributed by atoms with van der Waals surface area (Å²) in [6, 6.07) is 12.4. The van der Waals surface area contributed by atoms with E-state index < -0.39 is 5.97 Å². The SMILES string of the molecule is COc1ccc2c(CNC3CCC(C)CC3)c(C(=O)O)n(Cc3ccccc3F)c2c1. The number of nitrogens with one attached hydrogen (secondary N) is 1. The summed E-state index contributed by atoms with van der Waals surface area (Å²) in [4.78, 5) is 12.4. The molecule has 0 spiro atoms. The maximum atomic E-state index is 14.4. The van der Waals surface area contributed by atoms with Gasteiger partial charge in [0.25, 0.3) is 0 Å². The number of rotatable bonds is 7. The quantitative estimate of drug-likeness (QED) is 0.547. The number of methoxy groups -OCH3 is 1. The van der Waals surface area contributed by atoms with Crippen molar-refractivity contribution in [2.75, 3.05) is 7.11 Å². The first-order valence-corrected chi connectivity index (χ1v) is 10.9. The highest BCUT2D eigenvalue weighted by Crippen LogP contribution is 2.32. The van der Waals surface area contributed by atoms with Gasteiger partial charge >= 0.3 is 5.97 Å².